The van der Waals surface area contributed by atoms with Crippen LogP contribution in [-0.2, 0) is 16.6 Å². The number of hydrogen-bond acceptors (Lipinski definition) is 4. The number of hydrogen-bond donors (Lipinski definition) is 0. The van der Waals surface area contributed by atoms with Crippen molar-refractivity contribution in [3.63, 3.8) is 0 Å². The molecule has 0 aromatic heterocycles. The second-order valence-corrected chi connectivity index (χ2v) is 9.32. The van der Waals surface area contributed by atoms with Crippen molar-refractivity contribution in [2.75, 3.05) is 6.79 Å². The lowest BCUT2D eigenvalue weighted by atomic mass is 10.1. The van der Waals surface area contributed by atoms with Crippen molar-refractivity contribution in [3.05, 3.63) is 52.5 Å². The Morgan fingerprint density at radius 3 is 2.54 bits per heavy atom. The van der Waals surface area contributed by atoms with Crippen molar-refractivity contribution in [1.82, 2.24) is 4.31 Å². The Hall–Kier alpha value is -1.57. The average Bonchev–Trinajstić information content (AvgIpc) is 3.31. The molecule has 1 saturated carbocycles. The number of nitrogens with zero attached hydrogens (tertiary/aromatic N) is 1. The van der Waals surface area contributed by atoms with E-state index in [9.17, 15) is 8.42 Å². The Balaban J connectivity index is 1.70. The van der Waals surface area contributed by atoms with Crippen molar-refractivity contribution in [3.8, 4) is 11.5 Å². The van der Waals surface area contributed by atoms with Crippen LogP contribution in [0.25, 0.3) is 0 Å². The first-order chi connectivity index (χ1) is 12.6. The molecular weight excluding hydrogens is 418 g/mol. The van der Waals surface area contributed by atoms with E-state index >= 15 is 0 Å². The molecule has 0 N–H and O–H groups in total. The Labute approximate surface area is 162 Å². The third-order valence-corrected chi connectivity index (χ3v) is 7.84. The zero-order chi connectivity index (χ0) is 18.1. The molecule has 0 spiro atoms. The van der Waals surface area contributed by atoms with Crippen LogP contribution in [-0.4, -0.2) is 25.6 Å². The SMILES string of the molecule is O=S(=O)(c1ccccc1Br)N(Cc1ccc2c(c1)OCO2)C1CCCC1. The zero-order valence-electron chi connectivity index (χ0n) is 14.2. The van der Waals surface area contributed by atoms with Gasteiger partial charge in [-0.1, -0.05) is 31.0 Å². The van der Waals surface area contributed by atoms with Crippen molar-refractivity contribution in [2.45, 2.75) is 43.2 Å². The molecule has 5 nitrogen and oxygen atoms in total. The van der Waals surface area contributed by atoms with Crippen LogP contribution in [0.15, 0.2) is 51.8 Å². The lowest BCUT2D eigenvalue weighted by Gasteiger charge is -2.28. The van der Waals surface area contributed by atoms with Gasteiger partial charge >= 0.3 is 0 Å². The molecule has 0 radical (unpaired) electrons. The smallest absolute Gasteiger partial charge is 0.244 e. The van der Waals surface area contributed by atoms with Crippen LogP contribution < -0.4 is 9.47 Å². The van der Waals surface area contributed by atoms with E-state index in [4.69, 9.17) is 9.47 Å². The first-order valence-electron chi connectivity index (χ1n) is 8.70. The van der Waals surface area contributed by atoms with Gasteiger partial charge in [-0.15, -0.1) is 0 Å². The van der Waals surface area contributed by atoms with E-state index in [1.54, 1.807) is 22.5 Å². The van der Waals surface area contributed by atoms with Gasteiger partial charge < -0.3 is 9.47 Å². The maximum Gasteiger partial charge on any atom is 0.244 e. The number of sulfonamides is 1. The summed E-state index contributed by atoms with van der Waals surface area (Å²) in [6, 6.07) is 12.6. The van der Waals surface area contributed by atoms with Gasteiger partial charge in [-0.05, 0) is 58.6 Å². The molecule has 0 bridgehead atoms. The van der Waals surface area contributed by atoms with Gasteiger partial charge in [0.25, 0.3) is 0 Å². The molecular formula is C19H20BrNO4S. The van der Waals surface area contributed by atoms with E-state index < -0.39 is 10.0 Å². The average molecular weight is 438 g/mol. The van der Waals surface area contributed by atoms with Crippen molar-refractivity contribution >= 4 is 26.0 Å². The fourth-order valence-corrected chi connectivity index (χ4v) is 6.24. The quantitative estimate of drug-likeness (QED) is 0.698. The molecule has 1 fully saturated rings. The maximum atomic E-state index is 13.4. The fourth-order valence-electron chi connectivity index (χ4n) is 3.60. The summed E-state index contributed by atoms with van der Waals surface area (Å²) in [6.45, 7) is 0.533. The minimum absolute atomic E-state index is 0.0255. The predicted octanol–water partition coefficient (Wildman–Crippen LogP) is 4.31. The highest BCUT2D eigenvalue weighted by atomic mass is 79.9. The van der Waals surface area contributed by atoms with Crippen LogP contribution in [0.1, 0.15) is 31.2 Å². The molecule has 0 atom stereocenters. The molecule has 2 aromatic rings. The van der Waals surface area contributed by atoms with Crippen LogP contribution in [0.2, 0.25) is 0 Å². The predicted molar refractivity (Wildman–Crippen MR) is 102 cm³/mol. The monoisotopic (exact) mass is 437 g/mol. The molecule has 26 heavy (non-hydrogen) atoms. The standard InChI is InChI=1S/C19H20BrNO4S/c20-16-7-3-4-8-19(16)26(22,23)21(15-5-1-2-6-15)12-14-9-10-17-18(11-14)25-13-24-17/h3-4,7-11,15H,1-2,5-6,12-13H2. The molecule has 1 heterocycles. The third-order valence-electron chi connectivity index (χ3n) is 4.93. The van der Waals surface area contributed by atoms with Crippen LogP contribution in [0, 0.1) is 0 Å². The molecule has 138 valence electrons. The van der Waals surface area contributed by atoms with Crippen LogP contribution in [0.4, 0.5) is 0 Å². The van der Waals surface area contributed by atoms with Gasteiger partial charge in [0.15, 0.2) is 11.5 Å². The number of benzene rings is 2. The summed E-state index contributed by atoms with van der Waals surface area (Å²) in [4.78, 5) is 0.313. The molecule has 4 rings (SSSR count). The molecule has 7 heteroatoms. The van der Waals surface area contributed by atoms with E-state index in [1.807, 2.05) is 24.3 Å². The molecule has 1 aliphatic carbocycles. The highest BCUT2D eigenvalue weighted by molar-refractivity contribution is 9.10. The Bertz CT molecular complexity index is 910. The molecule has 0 unspecified atom stereocenters. The van der Waals surface area contributed by atoms with Gasteiger partial charge in [-0.3, -0.25) is 0 Å². The van der Waals surface area contributed by atoms with E-state index in [-0.39, 0.29) is 12.8 Å². The molecule has 1 aliphatic heterocycles. The zero-order valence-corrected chi connectivity index (χ0v) is 16.6. The van der Waals surface area contributed by atoms with E-state index in [0.717, 1.165) is 31.2 Å². The second-order valence-electron chi connectivity index (χ2n) is 6.61. The molecule has 2 aromatic carbocycles. The van der Waals surface area contributed by atoms with Crippen LogP contribution >= 0.6 is 15.9 Å². The van der Waals surface area contributed by atoms with Crippen molar-refractivity contribution in [2.24, 2.45) is 0 Å². The van der Waals surface area contributed by atoms with Gasteiger partial charge in [0.1, 0.15) is 0 Å². The summed E-state index contributed by atoms with van der Waals surface area (Å²) >= 11 is 3.39. The summed E-state index contributed by atoms with van der Waals surface area (Å²) in [5, 5.41) is 0. The maximum absolute atomic E-state index is 13.4. The number of ether oxygens (including phenoxy) is 2. The number of halogens is 1. The lowest BCUT2D eigenvalue weighted by molar-refractivity contribution is 0.174. The summed E-state index contributed by atoms with van der Waals surface area (Å²) in [7, 11) is -3.61. The summed E-state index contributed by atoms with van der Waals surface area (Å²) < 4.78 is 39.9. The molecule has 0 saturated heterocycles. The van der Waals surface area contributed by atoms with Crippen molar-refractivity contribution < 1.29 is 17.9 Å². The second kappa shape index (κ2) is 7.21. The normalized spacial score (nSPS) is 17.2. The third kappa shape index (κ3) is 3.35. The topological polar surface area (TPSA) is 55.8 Å². The van der Waals surface area contributed by atoms with E-state index in [1.165, 1.54) is 0 Å². The highest BCUT2D eigenvalue weighted by Crippen LogP contribution is 2.36. The first-order valence-corrected chi connectivity index (χ1v) is 10.9. The minimum Gasteiger partial charge on any atom is -0.454 e. The van der Waals surface area contributed by atoms with Gasteiger partial charge in [0.05, 0.1) is 4.90 Å². The number of rotatable bonds is 5. The fraction of sp³-hybridized carbons (Fsp3) is 0.368. The van der Waals surface area contributed by atoms with Crippen LogP contribution in [0.5, 0.6) is 11.5 Å². The minimum atomic E-state index is -3.61. The van der Waals surface area contributed by atoms with Gasteiger partial charge in [-0.25, -0.2) is 8.42 Å². The number of fused-ring (bicyclic) bond motifs is 1. The van der Waals surface area contributed by atoms with Gasteiger partial charge in [0.2, 0.25) is 16.8 Å². The summed E-state index contributed by atoms with van der Waals surface area (Å²) in [6.07, 6.45) is 3.92. The van der Waals surface area contributed by atoms with Gasteiger partial charge in [-0.2, -0.15) is 4.31 Å². The lowest BCUT2D eigenvalue weighted by Crippen LogP contribution is -2.38. The largest absolute Gasteiger partial charge is 0.454 e. The first kappa shape index (κ1) is 17.8. The highest BCUT2D eigenvalue weighted by Gasteiger charge is 2.34. The Kier molecular flexibility index (Phi) is 4.94. The Morgan fingerprint density at radius 2 is 1.77 bits per heavy atom. The van der Waals surface area contributed by atoms with E-state index in [0.29, 0.717) is 27.4 Å². The Morgan fingerprint density at radius 1 is 1.04 bits per heavy atom. The van der Waals surface area contributed by atoms with Crippen LogP contribution in [0.3, 0.4) is 0 Å². The van der Waals surface area contributed by atoms with E-state index in [2.05, 4.69) is 15.9 Å². The van der Waals surface area contributed by atoms with Gasteiger partial charge in [0, 0.05) is 17.1 Å². The van der Waals surface area contributed by atoms with Crippen molar-refractivity contribution in [1.29, 1.82) is 0 Å². The molecule has 0 amide bonds. The molecule has 2 aliphatic rings. The summed E-state index contributed by atoms with van der Waals surface area (Å²) in [5.41, 5.74) is 0.900. The summed E-state index contributed by atoms with van der Waals surface area (Å²) in [5.74, 6) is 1.38.